The third-order valence-electron chi connectivity index (χ3n) is 4.00. The van der Waals surface area contributed by atoms with E-state index < -0.39 is 42.4 Å². The lowest BCUT2D eigenvalue weighted by atomic mass is 10.1. The van der Waals surface area contributed by atoms with Gasteiger partial charge in [-0.2, -0.15) is 4.68 Å². The highest BCUT2D eigenvalue weighted by Crippen LogP contribution is 2.35. The highest BCUT2D eigenvalue weighted by atomic mass is 32.2. The molecule has 1 saturated heterocycles. The van der Waals surface area contributed by atoms with Crippen molar-refractivity contribution in [3.63, 3.8) is 0 Å². The Kier molecular flexibility index (Phi) is 6.27. The average molecular weight is 425 g/mol. The summed E-state index contributed by atoms with van der Waals surface area (Å²) in [5.74, 6) is -1.76. The maximum atomic E-state index is 11.7. The number of thioether (sulfide) groups is 1. The molecular formula is C16H19N5O7S. The van der Waals surface area contributed by atoms with E-state index in [1.54, 1.807) is 0 Å². The molecule has 1 aliphatic heterocycles. The number of hydrogen-bond acceptors (Lipinski definition) is 12. The van der Waals surface area contributed by atoms with Gasteiger partial charge in [0, 0.05) is 20.8 Å². The molecule has 1 fully saturated rings. The molecule has 0 saturated carbocycles. The third kappa shape index (κ3) is 4.45. The predicted molar refractivity (Wildman–Crippen MR) is 96.6 cm³/mol. The Morgan fingerprint density at radius 2 is 1.79 bits per heavy atom. The predicted octanol–water partition coefficient (Wildman–Crippen LogP) is 0.267. The van der Waals surface area contributed by atoms with Crippen LogP contribution in [-0.4, -0.2) is 74.0 Å². The quantitative estimate of drug-likeness (QED) is 0.271. The Bertz CT molecular complexity index is 936. The number of carbonyl (C=O) groups excluding carboxylic acids is 3. The molecule has 13 heteroatoms. The van der Waals surface area contributed by atoms with E-state index in [0.717, 1.165) is 0 Å². The standard InChI is InChI=1S/C16H19N5O7S/c1-7(22)25-5-10-12(26-8(2)23)13(27-9(3)24)16(28-10)21-14-11(19-20-21)15(29-4)18-6-17-14/h6,10,12-13,16H,5H2,1-4H3/t10-,12-,13-,16-/m1/s1. The van der Waals surface area contributed by atoms with Gasteiger partial charge in [-0.25, -0.2) is 9.97 Å². The molecule has 3 rings (SSSR count). The van der Waals surface area contributed by atoms with Gasteiger partial charge in [0.05, 0.1) is 0 Å². The second-order valence-corrected chi connectivity index (χ2v) is 6.90. The molecule has 2 aromatic rings. The molecule has 0 aromatic carbocycles. The fraction of sp³-hybridized carbons (Fsp3) is 0.562. The summed E-state index contributed by atoms with van der Waals surface area (Å²) >= 11 is 1.37. The summed E-state index contributed by atoms with van der Waals surface area (Å²) in [4.78, 5) is 42.9. The molecule has 0 amide bonds. The normalized spacial score (nSPS) is 23.7. The summed E-state index contributed by atoms with van der Waals surface area (Å²) in [5.41, 5.74) is 0.791. The van der Waals surface area contributed by atoms with Gasteiger partial charge in [0.2, 0.25) is 0 Å². The van der Waals surface area contributed by atoms with E-state index in [9.17, 15) is 14.4 Å². The van der Waals surface area contributed by atoms with Crippen LogP contribution < -0.4 is 0 Å². The highest BCUT2D eigenvalue weighted by molar-refractivity contribution is 7.98. The summed E-state index contributed by atoms with van der Waals surface area (Å²) in [7, 11) is 0. The molecule has 156 valence electrons. The van der Waals surface area contributed by atoms with Crippen LogP contribution in [0.2, 0.25) is 0 Å². The van der Waals surface area contributed by atoms with E-state index in [1.165, 1.54) is 43.5 Å². The molecule has 29 heavy (non-hydrogen) atoms. The fourth-order valence-electron chi connectivity index (χ4n) is 2.95. The Morgan fingerprint density at radius 1 is 1.10 bits per heavy atom. The Labute approximate surface area is 169 Å². The minimum Gasteiger partial charge on any atom is -0.463 e. The molecular weight excluding hydrogens is 406 g/mol. The molecule has 2 aromatic heterocycles. The maximum Gasteiger partial charge on any atom is 0.303 e. The molecule has 0 unspecified atom stereocenters. The van der Waals surface area contributed by atoms with Gasteiger partial charge >= 0.3 is 17.9 Å². The van der Waals surface area contributed by atoms with Gasteiger partial charge in [0.25, 0.3) is 0 Å². The highest BCUT2D eigenvalue weighted by Gasteiger charge is 2.51. The summed E-state index contributed by atoms with van der Waals surface area (Å²) in [5, 5.41) is 8.77. The van der Waals surface area contributed by atoms with Crippen LogP contribution in [0.4, 0.5) is 0 Å². The number of hydrogen-bond donors (Lipinski definition) is 0. The minimum absolute atomic E-state index is 0.209. The van der Waals surface area contributed by atoms with Gasteiger partial charge in [-0.15, -0.1) is 16.9 Å². The van der Waals surface area contributed by atoms with Crippen molar-refractivity contribution in [3.8, 4) is 0 Å². The van der Waals surface area contributed by atoms with E-state index >= 15 is 0 Å². The monoisotopic (exact) mass is 425 g/mol. The van der Waals surface area contributed by atoms with Crippen molar-refractivity contribution in [3.05, 3.63) is 6.33 Å². The van der Waals surface area contributed by atoms with E-state index in [-0.39, 0.29) is 6.61 Å². The van der Waals surface area contributed by atoms with Crippen LogP contribution in [0, 0.1) is 0 Å². The number of carbonyl (C=O) groups is 3. The molecule has 0 radical (unpaired) electrons. The van der Waals surface area contributed by atoms with Crippen molar-refractivity contribution in [1.82, 2.24) is 25.0 Å². The number of esters is 3. The van der Waals surface area contributed by atoms with E-state index in [4.69, 9.17) is 18.9 Å². The van der Waals surface area contributed by atoms with Crippen molar-refractivity contribution in [2.45, 2.75) is 50.3 Å². The minimum atomic E-state index is -1.06. The topological polar surface area (TPSA) is 145 Å². The first-order chi connectivity index (χ1) is 13.8. The number of fused-ring (bicyclic) bond motifs is 1. The van der Waals surface area contributed by atoms with Crippen LogP contribution >= 0.6 is 11.8 Å². The van der Waals surface area contributed by atoms with Crippen molar-refractivity contribution < 1.29 is 33.3 Å². The molecule has 3 heterocycles. The van der Waals surface area contributed by atoms with Gasteiger partial charge in [-0.05, 0) is 6.26 Å². The second-order valence-electron chi connectivity index (χ2n) is 6.10. The lowest BCUT2D eigenvalue weighted by Gasteiger charge is -2.23. The van der Waals surface area contributed by atoms with Crippen LogP contribution in [0.5, 0.6) is 0 Å². The second kappa shape index (κ2) is 8.69. The van der Waals surface area contributed by atoms with Crippen molar-refractivity contribution in [1.29, 1.82) is 0 Å². The van der Waals surface area contributed by atoms with Crippen LogP contribution in [0.25, 0.3) is 11.2 Å². The number of ether oxygens (including phenoxy) is 4. The average Bonchev–Trinajstić information content (AvgIpc) is 3.21. The van der Waals surface area contributed by atoms with E-state index in [2.05, 4.69) is 20.3 Å². The van der Waals surface area contributed by atoms with Gasteiger partial charge in [0.15, 0.2) is 29.6 Å². The van der Waals surface area contributed by atoms with Crippen LogP contribution in [-0.2, 0) is 33.3 Å². The van der Waals surface area contributed by atoms with Gasteiger partial charge in [0.1, 0.15) is 24.1 Å². The zero-order valence-electron chi connectivity index (χ0n) is 16.1. The molecule has 0 aliphatic carbocycles. The Morgan fingerprint density at radius 3 is 2.41 bits per heavy atom. The summed E-state index contributed by atoms with van der Waals surface area (Å²) < 4.78 is 23.0. The number of rotatable bonds is 6. The number of aromatic nitrogens is 5. The first kappa shape index (κ1) is 20.9. The lowest BCUT2D eigenvalue weighted by Crippen LogP contribution is -2.40. The fourth-order valence-corrected chi connectivity index (χ4v) is 3.43. The summed E-state index contributed by atoms with van der Waals surface area (Å²) in [6, 6.07) is 0. The van der Waals surface area contributed by atoms with E-state index in [0.29, 0.717) is 16.2 Å². The maximum absolute atomic E-state index is 11.7. The first-order valence-electron chi connectivity index (χ1n) is 8.55. The SMILES string of the molecule is CSc1ncnc2c1nnn2[C@@H]1O[C@H](COC(C)=O)[C@@H](OC(C)=O)[C@H]1OC(C)=O. The lowest BCUT2D eigenvalue weighted by molar-refractivity contribution is -0.166. The zero-order chi connectivity index (χ0) is 21.1. The van der Waals surface area contributed by atoms with Gasteiger partial charge < -0.3 is 18.9 Å². The van der Waals surface area contributed by atoms with Gasteiger partial charge in [-0.1, -0.05) is 5.21 Å². The smallest absolute Gasteiger partial charge is 0.303 e. The largest absolute Gasteiger partial charge is 0.463 e. The summed E-state index contributed by atoms with van der Waals surface area (Å²) in [6.07, 6.45) is -0.808. The molecule has 0 spiro atoms. The zero-order valence-corrected chi connectivity index (χ0v) is 16.9. The molecule has 1 aliphatic rings. The Hall–Kier alpha value is -2.80. The van der Waals surface area contributed by atoms with Crippen LogP contribution in [0.15, 0.2) is 11.4 Å². The first-order valence-corrected chi connectivity index (χ1v) is 9.77. The van der Waals surface area contributed by atoms with Crippen LogP contribution in [0.3, 0.4) is 0 Å². The van der Waals surface area contributed by atoms with E-state index in [1.807, 2.05) is 6.26 Å². The Balaban J connectivity index is 2.02. The third-order valence-corrected chi connectivity index (χ3v) is 4.69. The molecule has 0 bridgehead atoms. The molecule has 0 N–H and O–H groups in total. The molecule has 12 nitrogen and oxygen atoms in total. The molecule has 4 atom stereocenters. The van der Waals surface area contributed by atoms with Crippen molar-refractivity contribution >= 4 is 40.8 Å². The summed E-state index contributed by atoms with van der Waals surface area (Å²) in [6.45, 7) is 3.46. The van der Waals surface area contributed by atoms with Crippen molar-refractivity contribution in [2.24, 2.45) is 0 Å². The number of nitrogens with zero attached hydrogens (tertiary/aromatic N) is 5. The van der Waals surface area contributed by atoms with Gasteiger partial charge in [-0.3, -0.25) is 14.4 Å². The van der Waals surface area contributed by atoms with Crippen LogP contribution in [0.1, 0.15) is 27.0 Å². The van der Waals surface area contributed by atoms with Crippen molar-refractivity contribution in [2.75, 3.05) is 12.9 Å².